The number of hydrogen-bond donors (Lipinski definition) is 1. The highest BCUT2D eigenvalue weighted by Crippen LogP contribution is 2.47. The first kappa shape index (κ1) is 12.8. The standard InChI is InChI=1S/C15H18N2O4/c18-14(17-6-7-19-9-15(8-17)4-5-15)16-11-2-1-3-12-13(11)21-10-20-12/h1-3H,4-10H2,(H,16,18). The fraction of sp³-hybridized carbons (Fsp3) is 0.533. The second kappa shape index (κ2) is 4.80. The summed E-state index contributed by atoms with van der Waals surface area (Å²) in [7, 11) is 0. The summed E-state index contributed by atoms with van der Waals surface area (Å²) in [4.78, 5) is 14.3. The van der Waals surface area contributed by atoms with Gasteiger partial charge in [0, 0.05) is 18.5 Å². The minimum absolute atomic E-state index is 0.101. The molecule has 2 amide bonds. The molecule has 2 heterocycles. The molecule has 2 aliphatic heterocycles. The fourth-order valence-corrected chi connectivity index (χ4v) is 2.87. The Morgan fingerprint density at radius 3 is 3.05 bits per heavy atom. The molecular weight excluding hydrogens is 272 g/mol. The van der Waals surface area contributed by atoms with Gasteiger partial charge in [-0.05, 0) is 25.0 Å². The molecule has 0 aromatic heterocycles. The highest BCUT2D eigenvalue weighted by molar-refractivity contribution is 5.91. The number of hydrogen-bond acceptors (Lipinski definition) is 4. The first-order valence-corrected chi connectivity index (χ1v) is 7.28. The number of nitrogens with one attached hydrogen (secondary N) is 1. The monoisotopic (exact) mass is 290 g/mol. The molecule has 1 N–H and O–H groups in total. The Morgan fingerprint density at radius 1 is 1.29 bits per heavy atom. The Hall–Kier alpha value is -1.95. The van der Waals surface area contributed by atoms with Gasteiger partial charge in [0.2, 0.25) is 6.79 Å². The first-order chi connectivity index (χ1) is 10.3. The van der Waals surface area contributed by atoms with Gasteiger partial charge in [-0.15, -0.1) is 0 Å². The van der Waals surface area contributed by atoms with E-state index in [-0.39, 0.29) is 18.2 Å². The summed E-state index contributed by atoms with van der Waals surface area (Å²) in [6.07, 6.45) is 2.29. The van der Waals surface area contributed by atoms with Crippen LogP contribution in [0.3, 0.4) is 0 Å². The lowest BCUT2D eigenvalue weighted by Crippen LogP contribution is -2.39. The van der Waals surface area contributed by atoms with Gasteiger partial charge in [0.05, 0.1) is 18.9 Å². The van der Waals surface area contributed by atoms with E-state index in [9.17, 15) is 4.79 Å². The van der Waals surface area contributed by atoms with E-state index < -0.39 is 0 Å². The summed E-state index contributed by atoms with van der Waals surface area (Å²) in [5.41, 5.74) is 0.858. The van der Waals surface area contributed by atoms with Crippen LogP contribution in [0.15, 0.2) is 18.2 Å². The molecule has 0 bridgehead atoms. The molecule has 1 spiro atoms. The number of fused-ring (bicyclic) bond motifs is 1. The lowest BCUT2D eigenvalue weighted by Gasteiger charge is -2.23. The van der Waals surface area contributed by atoms with E-state index in [0.29, 0.717) is 30.3 Å². The molecule has 21 heavy (non-hydrogen) atoms. The average Bonchev–Trinajstić information content (AvgIpc) is 3.15. The van der Waals surface area contributed by atoms with Crippen molar-refractivity contribution in [3.63, 3.8) is 0 Å². The molecule has 2 fully saturated rings. The zero-order valence-corrected chi connectivity index (χ0v) is 11.8. The third-order valence-electron chi connectivity index (χ3n) is 4.32. The number of carbonyl (C=O) groups excluding carboxylic acids is 1. The molecule has 1 aliphatic carbocycles. The van der Waals surface area contributed by atoms with Crippen LogP contribution in [-0.2, 0) is 4.74 Å². The normalized spacial score (nSPS) is 22.0. The molecule has 0 radical (unpaired) electrons. The molecule has 6 heteroatoms. The lowest BCUT2D eigenvalue weighted by molar-refractivity contribution is 0.115. The van der Waals surface area contributed by atoms with Crippen molar-refractivity contribution < 1.29 is 19.0 Å². The topological polar surface area (TPSA) is 60.0 Å². The van der Waals surface area contributed by atoms with Gasteiger partial charge >= 0.3 is 6.03 Å². The van der Waals surface area contributed by atoms with E-state index in [1.807, 2.05) is 23.1 Å². The number of ether oxygens (including phenoxy) is 3. The van der Waals surface area contributed by atoms with Crippen molar-refractivity contribution in [1.82, 2.24) is 4.90 Å². The minimum Gasteiger partial charge on any atom is -0.454 e. The Labute approximate surface area is 123 Å². The van der Waals surface area contributed by atoms with Crippen LogP contribution >= 0.6 is 0 Å². The number of anilines is 1. The smallest absolute Gasteiger partial charge is 0.322 e. The Morgan fingerprint density at radius 2 is 2.19 bits per heavy atom. The largest absolute Gasteiger partial charge is 0.454 e. The third kappa shape index (κ3) is 2.40. The number of benzene rings is 1. The summed E-state index contributed by atoms with van der Waals surface area (Å²) >= 11 is 0. The van der Waals surface area contributed by atoms with Crippen LogP contribution in [0, 0.1) is 5.41 Å². The van der Waals surface area contributed by atoms with Crippen LogP contribution in [0.1, 0.15) is 12.8 Å². The van der Waals surface area contributed by atoms with Crippen LogP contribution in [0.5, 0.6) is 11.5 Å². The van der Waals surface area contributed by atoms with E-state index in [1.165, 1.54) is 0 Å². The van der Waals surface area contributed by atoms with Crippen LogP contribution in [0.2, 0.25) is 0 Å². The molecule has 3 aliphatic rings. The molecule has 1 saturated heterocycles. The second-order valence-electron chi connectivity index (χ2n) is 5.94. The number of nitrogens with zero attached hydrogens (tertiary/aromatic N) is 1. The van der Waals surface area contributed by atoms with E-state index >= 15 is 0 Å². The first-order valence-electron chi connectivity index (χ1n) is 7.28. The number of urea groups is 1. The van der Waals surface area contributed by atoms with Crippen molar-refractivity contribution in [2.45, 2.75) is 12.8 Å². The predicted molar refractivity (Wildman–Crippen MR) is 75.6 cm³/mol. The van der Waals surface area contributed by atoms with E-state index in [0.717, 1.165) is 26.0 Å². The SMILES string of the molecule is O=C(Nc1cccc2c1OCO2)N1CCOCC2(CC2)C1. The van der Waals surface area contributed by atoms with Gasteiger partial charge in [-0.2, -0.15) is 0 Å². The predicted octanol–water partition coefficient (Wildman–Crippen LogP) is 2.06. The highest BCUT2D eigenvalue weighted by atomic mass is 16.7. The van der Waals surface area contributed by atoms with Gasteiger partial charge in [0.25, 0.3) is 0 Å². The molecule has 0 atom stereocenters. The number of rotatable bonds is 1. The van der Waals surface area contributed by atoms with Gasteiger partial charge in [-0.3, -0.25) is 0 Å². The Bertz CT molecular complexity index is 571. The van der Waals surface area contributed by atoms with Crippen LogP contribution in [-0.4, -0.2) is 44.0 Å². The molecule has 1 aromatic rings. The number of para-hydroxylation sites is 1. The molecule has 0 unspecified atom stereocenters. The summed E-state index contributed by atoms with van der Waals surface area (Å²) in [6.45, 7) is 2.96. The fourth-order valence-electron chi connectivity index (χ4n) is 2.87. The van der Waals surface area contributed by atoms with Crippen molar-refractivity contribution in [2.24, 2.45) is 5.41 Å². The van der Waals surface area contributed by atoms with Gasteiger partial charge in [0.1, 0.15) is 0 Å². The zero-order chi connectivity index (χ0) is 14.3. The summed E-state index contributed by atoms with van der Waals surface area (Å²) in [5, 5.41) is 2.93. The maximum atomic E-state index is 12.5. The van der Waals surface area contributed by atoms with Gasteiger partial charge in [-0.1, -0.05) is 6.07 Å². The lowest BCUT2D eigenvalue weighted by atomic mass is 10.1. The van der Waals surface area contributed by atoms with Crippen LogP contribution in [0.4, 0.5) is 10.5 Å². The van der Waals surface area contributed by atoms with Crippen LogP contribution in [0.25, 0.3) is 0 Å². The summed E-state index contributed by atoms with van der Waals surface area (Å²) < 4.78 is 16.3. The molecule has 112 valence electrons. The summed E-state index contributed by atoms with van der Waals surface area (Å²) in [5.74, 6) is 1.28. The number of carbonyl (C=O) groups is 1. The van der Waals surface area contributed by atoms with E-state index in [4.69, 9.17) is 14.2 Å². The van der Waals surface area contributed by atoms with Crippen molar-refractivity contribution in [2.75, 3.05) is 38.4 Å². The van der Waals surface area contributed by atoms with Crippen molar-refractivity contribution >= 4 is 11.7 Å². The molecule has 4 rings (SSSR count). The molecule has 1 saturated carbocycles. The Balaban J connectivity index is 1.49. The molecular formula is C15H18N2O4. The number of amides is 2. The summed E-state index contributed by atoms with van der Waals surface area (Å²) in [6, 6.07) is 5.40. The van der Waals surface area contributed by atoms with Crippen molar-refractivity contribution in [3.8, 4) is 11.5 Å². The van der Waals surface area contributed by atoms with Gasteiger partial charge < -0.3 is 24.4 Å². The van der Waals surface area contributed by atoms with E-state index in [1.54, 1.807) is 0 Å². The van der Waals surface area contributed by atoms with Gasteiger partial charge in [-0.25, -0.2) is 4.79 Å². The maximum Gasteiger partial charge on any atom is 0.322 e. The van der Waals surface area contributed by atoms with Crippen molar-refractivity contribution in [3.05, 3.63) is 18.2 Å². The Kier molecular flexibility index (Phi) is 2.92. The van der Waals surface area contributed by atoms with Crippen molar-refractivity contribution in [1.29, 1.82) is 0 Å². The van der Waals surface area contributed by atoms with Crippen LogP contribution < -0.4 is 14.8 Å². The molecule has 6 nitrogen and oxygen atoms in total. The maximum absolute atomic E-state index is 12.5. The zero-order valence-electron chi connectivity index (χ0n) is 11.8. The minimum atomic E-state index is -0.101. The quantitative estimate of drug-likeness (QED) is 0.860. The average molecular weight is 290 g/mol. The second-order valence-corrected chi connectivity index (χ2v) is 5.94. The van der Waals surface area contributed by atoms with E-state index in [2.05, 4.69) is 5.32 Å². The van der Waals surface area contributed by atoms with Gasteiger partial charge in [0.15, 0.2) is 11.5 Å². The molecule has 1 aromatic carbocycles. The third-order valence-corrected chi connectivity index (χ3v) is 4.32. The highest BCUT2D eigenvalue weighted by Gasteiger charge is 2.46.